The highest BCUT2D eigenvalue weighted by Gasteiger charge is 2.26. The zero-order valence-electron chi connectivity index (χ0n) is 21.3. The lowest BCUT2D eigenvalue weighted by Crippen LogP contribution is -2.27. The van der Waals surface area contributed by atoms with Gasteiger partial charge in [0, 0.05) is 17.6 Å². The third kappa shape index (κ3) is 3.91. The Morgan fingerprint density at radius 3 is 2.60 bits per heavy atom. The van der Waals surface area contributed by atoms with E-state index in [9.17, 15) is 4.79 Å². The van der Waals surface area contributed by atoms with Crippen molar-refractivity contribution in [3.05, 3.63) is 102 Å². The fourth-order valence-corrected chi connectivity index (χ4v) is 5.26. The Kier molecular flexibility index (Phi) is 5.48. The van der Waals surface area contributed by atoms with Gasteiger partial charge in [0.2, 0.25) is 0 Å². The maximum atomic E-state index is 13.0. The van der Waals surface area contributed by atoms with Crippen LogP contribution in [0.3, 0.4) is 0 Å². The van der Waals surface area contributed by atoms with Crippen LogP contribution < -0.4 is 16.8 Å². The predicted molar refractivity (Wildman–Crippen MR) is 151 cm³/mol. The predicted octanol–water partition coefficient (Wildman–Crippen LogP) is 3.64. The summed E-state index contributed by atoms with van der Waals surface area (Å²) in [4.78, 5) is 28.5. The molecule has 0 saturated heterocycles. The van der Waals surface area contributed by atoms with Gasteiger partial charge in [0.25, 0.3) is 5.91 Å². The van der Waals surface area contributed by atoms with Crippen molar-refractivity contribution in [3.63, 3.8) is 0 Å². The first-order chi connectivity index (χ1) is 19.6. The molecule has 0 spiro atoms. The first-order valence-corrected chi connectivity index (χ1v) is 12.8. The molecule has 0 aliphatic heterocycles. The Bertz CT molecular complexity index is 1890. The summed E-state index contributed by atoms with van der Waals surface area (Å²) in [6.45, 7) is 0. The Morgan fingerprint density at radius 1 is 0.925 bits per heavy atom. The molecule has 5 N–H and O–H groups in total. The number of nitrogens with zero attached hydrogens (tertiary/aromatic N) is 7. The van der Waals surface area contributed by atoms with Crippen molar-refractivity contribution in [1.29, 1.82) is 0 Å². The molecule has 1 atom stereocenters. The zero-order valence-corrected chi connectivity index (χ0v) is 21.3. The van der Waals surface area contributed by atoms with Gasteiger partial charge in [-0.15, -0.1) is 4.80 Å². The van der Waals surface area contributed by atoms with Crippen LogP contribution in [-0.4, -0.2) is 40.4 Å². The van der Waals surface area contributed by atoms with E-state index in [2.05, 4.69) is 32.6 Å². The lowest BCUT2D eigenvalue weighted by Gasteiger charge is -2.16. The Balaban J connectivity index is 1.32. The van der Waals surface area contributed by atoms with Gasteiger partial charge in [0.05, 0.1) is 29.6 Å². The second-order valence-corrected chi connectivity index (χ2v) is 9.57. The summed E-state index contributed by atoms with van der Waals surface area (Å²) in [7, 11) is 0. The zero-order chi connectivity index (χ0) is 27.2. The first-order valence-electron chi connectivity index (χ1n) is 12.8. The molecule has 6 aromatic rings. The number of carbonyl (C=O) groups excluding carboxylic acids is 1. The number of benzene rings is 2. The van der Waals surface area contributed by atoms with E-state index in [4.69, 9.17) is 21.4 Å². The van der Waals surface area contributed by atoms with Gasteiger partial charge in [-0.05, 0) is 72.5 Å². The van der Waals surface area contributed by atoms with Gasteiger partial charge in [-0.25, -0.2) is 15.0 Å². The maximum Gasteiger partial charge on any atom is 0.253 e. The smallest absolute Gasteiger partial charge is 0.253 e. The standard InChI is InChI=1S/C29H24N10O/c30-22-6-2-1-4-20(22)29(40)36-23-10-7-17-16-18(8-9-19(17)23)38-27(21-5-3-13-32-26(21)31)35-24-11-12-25(37-28(24)38)39-33-14-15-34-39/h1-6,8-9,11-16,23H,7,10,30H2,(H2,31,32)(H,36,40)/t23-/m0/s1. The fraction of sp³-hybridized carbons (Fsp3) is 0.103. The molecule has 2 aromatic carbocycles. The number of nitrogens with two attached hydrogens (primary N) is 2. The minimum Gasteiger partial charge on any atom is -0.398 e. The minimum atomic E-state index is -0.182. The molecule has 4 aromatic heterocycles. The topological polar surface area (TPSA) is 155 Å². The summed E-state index contributed by atoms with van der Waals surface area (Å²) in [5.74, 6) is 1.38. The number of pyridine rings is 2. The second-order valence-electron chi connectivity index (χ2n) is 9.57. The minimum absolute atomic E-state index is 0.111. The third-order valence-corrected chi connectivity index (χ3v) is 7.17. The normalized spacial score (nSPS) is 14.3. The molecule has 4 heterocycles. The van der Waals surface area contributed by atoms with Crippen molar-refractivity contribution in [2.45, 2.75) is 18.9 Å². The van der Waals surface area contributed by atoms with Gasteiger partial charge >= 0.3 is 0 Å². The molecule has 0 bridgehead atoms. The number of amides is 1. The van der Waals surface area contributed by atoms with E-state index in [1.165, 1.54) is 4.80 Å². The first kappa shape index (κ1) is 23.5. The summed E-state index contributed by atoms with van der Waals surface area (Å²) < 4.78 is 1.98. The average Bonchev–Trinajstić information content (AvgIpc) is 3.72. The summed E-state index contributed by atoms with van der Waals surface area (Å²) in [5.41, 5.74) is 18.4. The van der Waals surface area contributed by atoms with Crippen LogP contribution in [0.1, 0.15) is 33.9 Å². The molecule has 40 heavy (non-hydrogen) atoms. The molecule has 0 unspecified atom stereocenters. The number of nitrogen functional groups attached to an aromatic ring is 2. The van der Waals surface area contributed by atoms with Gasteiger partial charge in [-0.1, -0.05) is 18.2 Å². The van der Waals surface area contributed by atoms with Crippen molar-refractivity contribution in [2.75, 3.05) is 11.5 Å². The number of hydrogen-bond donors (Lipinski definition) is 3. The monoisotopic (exact) mass is 528 g/mol. The van der Waals surface area contributed by atoms with Gasteiger partial charge in [0.1, 0.15) is 11.3 Å². The molecule has 1 aliphatic rings. The van der Waals surface area contributed by atoms with E-state index in [0.717, 1.165) is 29.7 Å². The maximum absolute atomic E-state index is 13.0. The number of rotatable bonds is 5. The average molecular weight is 529 g/mol. The van der Waals surface area contributed by atoms with Crippen LogP contribution in [-0.2, 0) is 6.42 Å². The Morgan fingerprint density at radius 2 is 1.77 bits per heavy atom. The largest absolute Gasteiger partial charge is 0.398 e. The summed E-state index contributed by atoms with van der Waals surface area (Å²) >= 11 is 0. The van der Waals surface area contributed by atoms with Gasteiger partial charge in [0.15, 0.2) is 17.3 Å². The number of carbonyl (C=O) groups is 1. The van der Waals surface area contributed by atoms with Crippen molar-refractivity contribution < 1.29 is 4.79 Å². The van der Waals surface area contributed by atoms with Crippen LogP contribution >= 0.6 is 0 Å². The number of anilines is 2. The number of fused-ring (bicyclic) bond motifs is 2. The summed E-state index contributed by atoms with van der Waals surface area (Å²) in [6.07, 6.45) is 6.46. The van der Waals surface area contributed by atoms with E-state index in [1.54, 1.807) is 30.7 Å². The van der Waals surface area contributed by atoms with Crippen LogP contribution in [0.4, 0.5) is 11.5 Å². The van der Waals surface area contributed by atoms with E-state index in [0.29, 0.717) is 45.4 Å². The van der Waals surface area contributed by atoms with E-state index >= 15 is 0 Å². The fourth-order valence-electron chi connectivity index (χ4n) is 5.26. The highest BCUT2D eigenvalue weighted by Crippen LogP contribution is 2.36. The molecule has 0 saturated carbocycles. The highest BCUT2D eigenvalue weighted by atomic mass is 16.1. The summed E-state index contributed by atoms with van der Waals surface area (Å²) in [5, 5.41) is 11.6. The molecule has 7 rings (SSSR count). The SMILES string of the molecule is Nc1ccccc1C(=O)N[C@H]1CCc2cc(-n3c(-c4cccnc4N)nc4ccc(-n5nccn5)nc43)ccc21. The number of imidazole rings is 1. The van der Waals surface area contributed by atoms with Gasteiger partial charge < -0.3 is 16.8 Å². The van der Waals surface area contributed by atoms with Crippen LogP contribution in [0, 0.1) is 0 Å². The van der Waals surface area contributed by atoms with Crippen molar-refractivity contribution >= 4 is 28.6 Å². The summed E-state index contributed by atoms with van der Waals surface area (Å²) in [6, 6.07) is 20.6. The molecule has 11 nitrogen and oxygen atoms in total. The van der Waals surface area contributed by atoms with Crippen LogP contribution in [0.5, 0.6) is 0 Å². The molecule has 1 aliphatic carbocycles. The quantitative estimate of drug-likeness (QED) is 0.286. The lowest BCUT2D eigenvalue weighted by molar-refractivity contribution is 0.0937. The lowest BCUT2D eigenvalue weighted by atomic mass is 10.1. The number of aryl methyl sites for hydroxylation is 1. The Hall–Kier alpha value is -5.58. The van der Waals surface area contributed by atoms with Crippen LogP contribution in [0.2, 0.25) is 0 Å². The number of para-hydroxylation sites is 1. The molecule has 11 heteroatoms. The Labute approximate surface area is 228 Å². The molecule has 1 amide bonds. The molecular weight excluding hydrogens is 504 g/mol. The van der Waals surface area contributed by atoms with Gasteiger partial charge in [-0.3, -0.25) is 9.36 Å². The van der Waals surface area contributed by atoms with Crippen molar-refractivity contribution in [1.82, 2.24) is 39.8 Å². The van der Waals surface area contributed by atoms with E-state index in [1.807, 2.05) is 47.0 Å². The molecular formula is C29H24N10O. The van der Waals surface area contributed by atoms with Crippen LogP contribution in [0.15, 0.2) is 85.3 Å². The van der Waals surface area contributed by atoms with Crippen molar-refractivity contribution in [2.24, 2.45) is 0 Å². The third-order valence-electron chi connectivity index (χ3n) is 7.17. The number of aromatic nitrogens is 7. The number of hydrogen-bond acceptors (Lipinski definition) is 8. The second kappa shape index (κ2) is 9.31. The highest BCUT2D eigenvalue weighted by molar-refractivity contribution is 5.99. The number of nitrogens with one attached hydrogen (secondary N) is 1. The van der Waals surface area contributed by atoms with E-state index < -0.39 is 0 Å². The molecule has 196 valence electrons. The van der Waals surface area contributed by atoms with Crippen LogP contribution in [0.25, 0.3) is 34.1 Å². The van der Waals surface area contributed by atoms with Gasteiger partial charge in [-0.2, -0.15) is 10.2 Å². The molecule has 0 radical (unpaired) electrons. The molecule has 0 fully saturated rings. The van der Waals surface area contributed by atoms with Crippen molar-refractivity contribution in [3.8, 4) is 22.9 Å². The van der Waals surface area contributed by atoms with E-state index in [-0.39, 0.29) is 11.9 Å².